The Bertz CT molecular complexity index is 516. The van der Waals surface area contributed by atoms with Gasteiger partial charge in [0.1, 0.15) is 11.4 Å². The Morgan fingerprint density at radius 2 is 1.96 bits per heavy atom. The zero-order valence-electron chi connectivity index (χ0n) is 14.8. The van der Waals surface area contributed by atoms with Crippen molar-refractivity contribution in [2.75, 3.05) is 18.4 Å². The molecular formula is C19H30N2O2. The predicted molar refractivity (Wildman–Crippen MR) is 94.8 cm³/mol. The van der Waals surface area contributed by atoms with Crippen molar-refractivity contribution in [3.63, 3.8) is 0 Å². The Labute approximate surface area is 140 Å². The van der Waals surface area contributed by atoms with E-state index in [1.165, 1.54) is 0 Å². The maximum Gasteiger partial charge on any atom is 0.224 e. The quantitative estimate of drug-likeness (QED) is 0.867. The van der Waals surface area contributed by atoms with E-state index in [0.717, 1.165) is 37.4 Å². The first-order chi connectivity index (χ1) is 10.8. The fraction of sp³-hybridized carbons (Fsp3) is 0.632. The van der Waals surface area contributed by atoms with Crippen LogP contribution < -0.4 is 15.4 Å². The molecule has 0 aliphatic carbocycles. The summed E-state index contributed by atoms with van der Waals surface area (Å²) in [5, 5.41) is 6.40. The molecule has 0 spiro atoms. The summed E-state index contributed by atoms with van der Waals surface area (Å²) in [6, 6.07) is 7.64. The van der Waals surface area contributed by atoms with Gasteiger partial charge in [-0.25, -0.2) is 0 Å². The van der Waals surface area contributed by atoms with Crippen LogP contribution in [0.25, 0.3) is 0 Å². The first-order valence-electron chi connectivity index (χ1n) is 8.64. The minimum absolute atomic E-state index is 0.0704. The molecule has 0 aromatic heterocycles. The van der Waals surface area contributed by atoms with E-state index in [4.69, 9.17) is 4.74 Å². The number of para-hydroxylation sites is 2. The molecule has 2 rings (SSSR count). The van der Waals surface area contributed by atoms with Gasteiger partial charge >= 0.3 is 0 Å². The van der Waals surface area contributed by atoms with Crippen LogP contribution in [0.4, 0.5) is 5.69 Å². The van der Waals surface area contributed by atoms with Gasteiger partial charge in [-0.1, -0.05) is 19.1 Å². The van der Waals surface area contributed by atoms with Crippen molar-refractivity contribution in [1.82, 2.24) is 5.32 Å². The van der Waals surface area contributed by atoms with E-state index < -0.39 is 0 Å². The minimum atomic E-state index is -0.288. The number of ether oxygens (including phenoxy) is 1. The maximum atomic E-state index is 12.4. The van der Waals surface area contributed by atoms with Gasteiger partial charge in [0.2, 0.25) is 5.91 Å². The third-order valence-electron chi connectivity index (χ3n) is 4.27. The average molecular weight is 318 g/mol. The number of anilines is 1. The lowest BCUT2D eigenvalue weighted by molar-refractivity contribution is -0.117. The Morgan fingerprint density at radius 3 is 2.61 bits per heavy atom. The van der Waals surface area contributed by atoms with Crippen molar-refractivity contribution in [3.05, 3.63) is 24.3 Å². The van der Waals surface area contributed by atoms with Crippen LogP contribution in [0.2, 0.25) is 0 Å². The van der Waals surface area contributed by atoms with E-state index in [-0.39, 0.29) is 11.5 Å². The second-order valence-corrected chi connectivity index (χ2v) is 7.53. The molecule has 23 heavy (non-hydrogen) atoms. The van der Waals surface area contributed by atoms with Gasteiger partial charge in [0.05, 0.1) is 5.69 Å². The van der Waals surface area contributed by atoms with Crippen molar-refractivity contribution in [3.8, 4) is 5.75 Å². The summed E-state index contributed by atoms with van der Waals surface area (Å²) in [5.41, 5.74) is 0.466. The molecule has 1 aliphatic rings. The van der Waals surface area contributed by atoms with Crippen LogP contribution in [0.5, 0.6) is 5.75 Å². The van der Waals surface area contributed by atoms with Crippen molar-refractivity contribution in [2.24, 2.45) is 11.8 Å². The Hall–Kier alpha value is -1.55. The predicted octanol–water partition coefficient (Wildman–Crippen LogP) is 3.83. The van der Waals surface area contributed by atoms with Gasteiger partial charge in [-0.3, -0.25) is 4.79 Å². The molecular weight excluding hydrogens is 288 g/mol. The van der Waals surface area contributed by atoms with Crippen molar-refractivity contribution in [1.29, 1.82) is 0 Å². The van der Waals surface area contributed by atoms with Crippen molar-refractivity contribution >= 4 is 11.6 Å². The highest BCUT2D eigenvalue weighted by molar-refractivity contribution is 5.92. The zero-order chi connectivity index (χ0) is 16.9. The normalized spacial score (nSPS) is 17.6. The highest BCUT2D eigenvalue weighted by atomic mass is 16.5. The van der Waals surface area contributed by atoms with E-state index in [2.05, 4.69) is 17.6 Å². The van der Waals surface area contributed by atoms with Crippen molar-refractivity contribution in [2.45, 2.75) is 52.6 Å². The Balaban J connectivity index is 1.94. The largest absolute Gasteiger partial charge is 0.486 e. The summed E-state index contributed by atoms with van der Waals surface area (Å²) in [5.74, 6) is 1.85. The monoisotopic (exact) mass is 318 g/mol. The summed E-state index contributed by atoms with van der Waals surface area (Å²) >= 11 is 0. The zero-order valence-corrected chi connectivity index (χ0v) is 14.8. The van der Waals surface area contributed by atoms with E-state index in [0.29, 0.717) is 18.3 Å². The Kier molecular flexibility index (Phi) is 6.05. The second-order valence-electron chi connectivity index (χ2n) is 7.53. The number of carbonyl (C=O) groups is 1. The smallest absolute Gasteiger partial charge is 0.224 e. The first-order valence-corrected chi connectivity index (χ1v) is 8.64. The van der Waals surface area contributed by atoms with E-state index in [1.54, 1.807) is 0 Å². The van der Waals surface area contributed by atoms with Gasteiger partial charge < -0.3 is 15.4 Å². The summed E-state index contributed by atoms with van der Waals surface area (Å²) in [6.07, 6.45) is 2.89. The number of benzene rings is 1. The van der Waals surface area contributed by atoms with E-state index in [1.807, 2.05) is 45.0 Å². The molecule has 1 unspecified atom stereocenters. The molecule has 128 valence electrons. The highest BCUT2D eigenvalue weighted by Gasteiger charge is 2.22. The summed E-state index contributed by atoms with van der Waals surface area (Å²) in [6.45, 7) is 10.3. The lowest BCUT2D eigenvalue weighted by atomic mass is 9.84. The second kappa shape index (κ2) is 7.82. The number of hydrogen-bond donors (Lipinski definition) is 2. The highest BCUT2D eigenvalue weighted by Crippen LogP contribution is 2.29. The Morgan fingerprint density at radius 1 is 1.30 bits per heavy atom. The van der Waals surface area contributed by atoms with Gasteiger partial charge in [-0.15, -0.1) is 0 Å². The third-order valence-corrected chi connectivity index (χ3v) is 4.27. The van der Waals surface area contributed by atoms with Gasteiger partial charge in [0.25, 0.3) is 0 Å². The first kappa shape index (κ1) is 17.8. The van der Waals surface area contributed by atoms with Crippen LogP contribution in [0.1, 0.15) is 47.0 Å². The standard InChI is InChI=1S/C19H30N2O2/c1-14(15-9-11-20-12-10-15)13-18(22)21-16-7-5-6-8-17(16)23-19(2,3)4/h5-8,14-15,20H,9-13H2,1-4H3,(H,21,22). The number of piperidine rings is 1. The fourth-order valence-corrected chi connectivity index (χ4v) is 3.06. The van der Waals surface area contributed by atoms with Crippen molar-refractivity contribution < 1.29 is 9.53 Å². The molecule has 1 heterocycles. The molecule has 1 atom stereocenters. The van der Waals surface area contributed by atoms with E-state index >= 15 is 0 Å². The van der Waals surface area contributed by atoms with Crippen LogP contribution in [0, 0.1) is 11.8 Å². The number of nitrogens with one attached hydrogen (secondary N) is 2. The van der Waals surface area contributed by atoms with Gasteiger partial charge in [-0.2, -0.15) is 0 Å². The van der Waals surface area contributed by atoms with Gasteiger partial charge in [0.15, 0.2) is 0 Å². The molecule has 4 heteroatoms. The van der Waals surface area contributed by atoms with Crippen LogP contribution in [-0.2, 0) is 4.79 Å². The SMILES string of the molecule is CC(CC(=O)Nc1ccccc1OC(C)(C)C)C1CCNCC1. The topological polar surface area (TPSA) is 50.4 Å². The van der Waals surface area contributed by atoms with Crippen LogP contribution in [0.3, 0.4) is 0 Å². The minimum Gasteiger partial charge on any atom is -0.486 e. The number of carbonyl (C=O) groups excluding carboxylic acids is 1. The fourth-order valence-electron chi connectivity index (χ4n) is 3.06. The molecule has 1 saturated heterocycles. The van der Waals surface area contributed by atoms with E-state index in [9.17, 15) is 4.79 Å². The van der Waals surface area contributed by atoms with Crippen LogP contribution in [-0.4, -0.2) is 24.6 Å². The third kappa shape index (κ3) is 5.87. The van der Waals surface area contributed by atoms with Gasteiger partial charge in [0, 0.05) is 6.42 Å². The number of amides is 1. The summed E-state index contributed by atoms with van der Waals surface area (Å²) in [7, 11) is 0. The lowest BCUT2D eigenvalue weighted by Crippen LogP contribution is -2.32. The molecule has 0 radical (unpaired) electrons. The molecule has 1 fully saturated rings. The number of rotatable bonds is 5. The van der Waals surface area contributed by atoms with Gasteiger partial charge in [-0.05, 0) is 70.7 Å². The molecule has 4 nitrogen and oxygen atoms in total. The summed E-state index contributed by atoms with van der Waals surface area (Å²) < 4.78 is 5.93. The molecule has 2 N–H and O–H groups in total. The maximum absolute atomic E-state index is 12.4. The molecule has 0 bridgehead atoms. The molecule has 1 aromatic carbocycles. The van der Waals surface area contributed by atoms with Crippen LogP contribution >= 0.6 is 0 Å². The lowest BCUT2D eigenvalue weighted by Gasteiger charge is -2.28. The average Bonchev–Trinajstić information content (AvgIpc) is 2.48. The molecule has 1 aliphatic heterocycles. The molecule has 0 saturated carbocycles. The van der Waals surface area contributed by atoms with Crippen LogP contribution in [0.15, 0.2) is 24.3 Å². The number of hydrogen-bond acceptors (Lipinski definition) is 3. The summed E-state index contributed by atoms with van der Waals surface area (Å²) in [4.78, 5) is 12.4. The molecule has 1 amide bonds. The molecule has 1 aromatic rings.